The van der Waals surface area contributed by atoms with Gasteiger partial charge in [-0.25, -0.2) is 13.8 Å². The van der Waals surface area contributed by atoms with Crippen LogP contribution in [0.3, 0.4) is 0 Å². The summed E-state index contributed by atoms with van der Waals surface area (Å²) in [4.78, 5) is 4.19. The van der Waals surface area contributed by atoms with E-state index in [1.54, 1.807) is 12.4 Å². The molecule has 1 aromatic heterocycles. The topological polar surface area (TPSA) is 43.8 Å². The summed E-state index contributed by atoms with van der Waals surface area (Å²) >= 11 is 0. The molecular formula is C13H15F2N3. The van der Waals surface area contributed by atoms with Gasteiger partial charge in [0.1, 0.15) is 17.5 Å². The Bertz CT molecular complexity index is 535. The lowest BCUT2D eigenvalue weighted by molar-refractivity contribution is 0.561. The molecule has 0 fully saturated rings. The standard InChI is InChI=1S/C13H15F2N3/c1-9(16)6-13-17-4-5-18(13)8-10-2-3-11(14)7-12(10)15/h2-5,7,9H,6,8,16H2,1H3. The van der Waals surface area contributed by atoms with Crippen LogP contribution >= 0.6 is 0 Å². The first-order valence-corrected chi connectivity index (χ1v) is 5.76. The van der Waals surface area contributed by atoms with E-state index in [0.29, 0.717) is 18.5 Å². The van der Waals surface area contributed by atoms with Crippen molar-refractivity contribution in [3.63, 3.8) is 0 Å². The maximum atomic E-state index is 13.5. The Morgan fingerprint density at radius 2 is 2.17 bits per heavy atom. The van der Waals surface area contributed by atoms with Crippen LogP contribution in [0.1, 0.15) is 18.3 Å². The highest BCUT2D eigenvalue weighted by molar-refractivity contribution is 5.19. The van der Waals surface area contributed by atoms with Crippen molar-refractivity contribution in [3.05, 3.63) is 53.6 Å². The molecule has 2 aromatic rings. The lowest BCUT2D eigenvalue weighted by Crippen LogP contribution is -2.20. The maximum Gasteiger partial charge on any atom is 0.131 e. The SMILES string of the molecule is CC(N)Cc1nccn1Cc1ccc(F)cc1F. The van der Waals surface area contributed by atoms with Crippen LogP contribution in [0, 0.1) is 11.6 Å². The molecule has 2 rings (SSSR count). The van der Waals surface area contributed by atoms with Crippen LogP contribution in [0.5, 0.6) is 0 Å². The second-order valence-corrected chi connectivity index (χ2v) is 4.39. The summed E-state index contributed by atoms with van der Waals surface area (Å²) in [7, 11) is 0. The summed E-state index contributed by atoms with van der Waals surface area (Å²) in [5.74, 6) is -0.318. The molecule has 0 saturated carbocycles. The van der Waals surface area contributed by atoms with Gasteiger partial charge in [-0.15, -0.1) is 0 Å². The lowest BCUT2D eigenvalue weighted by Gasteiger charge is -2.10. The molecule has 0 aliphatic carbocycles. The summed E-state index contributed by atoms with van der Waals surface area (Å²) in [6.07, 6.45) is 4.04. The third-order valence-corrected chi connectivity index (χ3v) is 2.66. The molecule has 1 heterocycles. The lowest BCUT2D eigenvalue weighted by atomic mass is 10.2. The van der Waals surface area contributed by atoms with Crippen LogP contribution in [0.2, 0.25) is 0 Å². The van der Waals surface area contributed by atoms with Gasteiger partial charge in [-0.05, 0) is 13.0 Å². The van der Waals surface area contributed by atoms with Crippen molar-refractivity contribution in [2.45, 2.75) is 25.9 Å². The monoisotopic (exact) mass is 251 g/mol. The Labute approximate surface area is 104 Å². The van der Waals surface area contributed by atoms with Crippen molar-refractivity contribution < 1.29 is 8.78 Å². The molecule has 0 saturated heterocycles. The van der Waals surface area contributed by atoms with E-state index >= 15 is 0 Å². The van der Waals surface area contributed by atoms with Gasteiger partial charge in [0, 0.05) is 36.5 Å². The van der Waals surface area contributed by atoms with E-state index in [2.05, 4.69) is 4.98 Å². The molecule has 0 spiro atoms. The van der Waals surface area contributed by atoms with E-state index in [0.717, 1.165) is 11.9 Å². The zero-order valence-electron chi connectivity index (χ0n) is 10.1. The molecule has 1 aromatic carbocycles. The number of halogens is 2. The van der Waals surface area contributed by atoms with Crippen molar-refractivity contribution in [2.24, 2.45) is 5.73 Å². The van der Waals surface area contributed by atoms with Crippen molar-refractivity contribution in [1.29, 1.82) is 0 Å². The fourth-order valence-corrected chi connectivity index (χ4v) is 1.80. The van der Waals surface area contributed by atoms with Gasteiger partial charge in [0.15, 0.2) is 0 Å². The summed E-state index contributed by atoms with van der Waals surface area (Å²) in [6, 6.07) is 3.57. The Morgan fingerprint density at radius 1 is 1.39 bits per heavy atom. The number of imidazole rings is 1. The second kappa shape index (κ2) is 5.27. The summed E-state index contributed by atoms with van der Waals surface area (Å²) in [5.41, 5.74) is 6.15. The maximum absolute atomic E-state index is 13.5. The molecule has 0 amide bonds. The summed E-state index contributed by atoms with van der Waals surface area (Å²) < 4.78 is 28.2. The zero-order valence-corrected chi connectivity index (χ0v) is 10.1. The van der Waals surface area contributed by atoms with E-state index < -0.39 is 11.6 Å². The van der Waals surface area contributed by atoms with Gasteiger partial charge in [0.25, 0.3) is 0 Å². The Kier molecular flexibility index (Phi) is 3.72. The van der Waals surface area contributed by atoms with Crippen molar-refractivity contribution in [2.75, 3.05) is 0 Å². The van der Waals surface area contributed by atoms with Gasteiger partial charge in [0.05, 0.1) is 6.54 Å². The predicted molar refractivity (Wildman–Crippen MR) is 65.0 cm³/mol. The Balaban J connectivity index is 2.21. The van der Waals surface area contributed by atoms with Gasteiger partial charge in [0.2, 0.25) is 0 Å². The Morgan fingerprint density at radius 3 is 2.83 bits per heavy atom. The van der Waals surface area contributed by atoms with Gasteiger partial charge in [-0.1, -0.05) is 6.07 Å². The van der Waals surface area contributed by atoms with E-state index in [-0.39, 0.29) is 6.04 Å². The number of nitrogens with zero attached hydrogens (tertiary/aromatic N) is 2. The first-order valence-electron chi connectivity index (χ1n) is 5.76. The number of aromatic nitrogens is 2. The molecule has 0 aliphatic heterocycles. The number of rotatable bonds is 4. The average molecular weight is 251 g/mol. The molecule has 1 unspecified atom stereocenters. The molecule has 5 heteroatoms. The average Bonchev–Trinajstić information content (AvgIpc) is 2.69. The normalized spacial score (nSPS) is 12.7. The van der Waals surface area contributed by atoms with E-state index in [9.17, 15) is 8.78 Å². The minimum Gasteiger partial charge on any atom is -0.330 e. The van der Waals surface area contributed by atoms with E-state index in [1.807, 2.05) is 11.5 Å². The number of hydrogen-bond donors (Lipinski definition) is 1. The highest BCUT2D eigenvalue weighted by atomic mass is 19.1. The van der Waals surface area contributed by atoms with Crippen LogP contribution in [0.4, 0.5) is 8.78 Å². The fraction of sp³-hybridized carbons (Fsp3) is 0.308. The fourth-order valence-electron chi connectivity index (χ4n) is 1.80. The molecule has 96 valence electrons. The molecule has 0 bridgehead atoms. The minimum absolute atomic E-state index is 0.00999. The van der Waals surface area contributed by atoms with Crippen molar-refractivity contribution in [1.82, 2.24) is 9.55 Å². The number of hydrogen-bond acceptors (Lipinski definition) is 2. The Hall–Kier alpha value is -1.75. The predicted octanol–water partition coefficient (Wildman–Crippen LogP) is 2.10. The third kappa shape index (κ3) is 2.92. The first kappa shape index (κ1) is 12.7. The number of benzene rings is 1. The number of nitrogens with two attached hydrogens (primary N) is 1. The zero-order chi connectivity index (χ0) is 13.1. The molecule has 1 atom stereocenters. The first-order chi connectivity index (χ1) is 8.56. The highest BCUT2D eigenvalue weighted by Crippen LogP contribution is 2.12. The quantitative estimate of drug-likeness (QED) is 0.904. The largest absolute Gasteiger partial charge is 0.330 e. The van der Waals surface area contributed by atoms with Crippen LogP contribution in [-0.4, -0.2) is 15.6 Å². The molecule has 0 radical (unpaired) electrons. The highest BCUT2D eigenvalue weighted by Gasteiger charge is 2.09. The minimum atomic E-state index is -0.572. The van der Waals surface area contributed by atoms with Crippen LogP contribution < -0.4 is 5.73 Å². The van der Waals surface area contributed by atoms with Crippen LogP contribution in [0.25, 0.3) is 0 Å². The molecule has 2 N–H and O–H groups in total. The van der Waals surface area contributed by atoms with Gasteiger partial charge >= 0.3 is 0 Å². The van der Waals surface area contributed by atoms with Crippen LogP contribution in [0.15, 0.2) is 30.6 Å². The van der Waals surface area contributed by atoms with E-state index in [1.165, 1.54) is 12.1 Å². The second-order valence-electron chi connectivity index (χ2n) is 4.39. The third-order valence-electron chi connectivity index (χ3n) is 2.66. The van der Waals surface area contributed by atoms with Gasteiger partial charge in [-0.2, -0.15) is 0 Å². The molecule has 0 aliphatic rings. The molecule has 18 heavy (non-hydrogen) atoms. The summed E-state index contributed by atoms with van der Waals surface area (Å²) in [5, 5.41) is 0. The van der Waals surface area contributed by atoms with Crippen molar-refractivity contribution >= 4 is 0 Å². The van der Waals surface area contributed by atoms with Gasteiger partial charge < -0.3 is 10.3 Å². The van der Waals surface area contributed by atoms with Crippen molar-refractivity contribution in [3.8, 4) is 0 Å². The van der Waals surface area contributed by atoms with E-state index in [4.69, 9.17) is 5.73 Å². The smallest absolute Gasteiger partial charge is 0.131 e. The molecule has 3 nitrogen and oxygen atoms in total. The van der Waals surface area contributed by atoms with Gasteiger partial charge in [-0.3, -0.25) is 0 Å². The van der Waals surface area contributed by atoms with Crippen LogP contribution in [-0.2, 0) is 13.0 Å². The summed E-state index contributed by atoms with van der Waals surface area (Å²) in [6.45, 7) is 2.21. The molecular weight excluding hydrogens is 236 g/mol.